The van der Waals surface area contributed by atoms with E-state index in [2.05, 4.69) is 70.7 Å². The minimum Gasteiger partial charge on any atom is -0.332 e. The number of aliphatic imine (C=N–C) groups is 1. The van der Waals surface area contributed by atoms with Crippen LogP contribution < -0.4 is 0 Å². The summed E-state index contributed by atoms with van der Waals surface area (Å²) in [5.41, 5.74) is 5.73. The highest BCUT2D eigenvalue weighted by Gasteiger charge is 2.24. The third-order valence-corrected chi connectivity index (χ3v) is 6.27. The van der Waals surface area contributed by atoms with Crippen LogP contribution in [-0.2, 0) is 0 Å². The van der Waals surface area contributed by atoms with E-state index in [4.69, 9.17) is 4.98 Å². The van der Waals surface area contributed by atoms with Crippen LogP contribution in [0.15, 0.2) is 94.6 Å². The molecule has 2 unspecified atom stereocenters. The average molecular weight is 384 g/mol. The van der Waals surface area contributed by atoms with Gasteiger partial charge in [-0.2, -0.15) is 0 Å². The summed E-state index contributed by atoms with van der Waals surface area (Å²) in [6.45, 7) is 0. The Morgan fingerprint density at radius 2 is 1.64 bits per heavy atom. The first-order valence-electron chi connectivity index (χ1n) is 9.66. The fourth-order valence-corrected chi connectivity index (χ4v) is 4.87. The number of fused-ring (bicyclic) bond motifs is 1. The predicted molar refractivity (Wildman–Crippen MR) is 118 cm³/mol. The van der Waals surface area contributed by atoms with Crippen molar-refractivity contribution in [3.8, 4) is 22.5 Å². The summed E-state index contributed by atoms with van der Waals surface area (Å²) in [5.74, 6) is 0. The van der Waals surface area contributed by atoms with Gasteiger partial charge in [0.2, 0.25) is 0 Å². The van der Waals surface area contributed by atoms with Crippen LogP contribution in [0.1, 0.15) is 12.8 Å². The van der Waals surface area contributed by atoms with Crippen molar-refractivity contribution < 1.29 is 0 Å². The number of rotatable bonds is 4. The molecule has 1 aliphatic carbocycles. The number of aromatic amines is 1. The Morgan fingerprint density at radius 3 is 2.43 bits per heavy atom. The molecule has 2 heterocycles. The van der Waals surface area contributed by atoms with E-state index < -0.39 is 0 Å². The first-order chi connectivity index (χ1) is 13.9. The molecule has 28 heavy (non-hydrogen) atoms. The highest BCUT2D eigenvalue weighted by Crippen LogP contribution is 2.37. The summed E-state index contributed by atoms with van der Waals surface area (Å²) in [4.78, 5) is 13.2. The number of hydrogen-bond donors (Lipinski definition) is 1. The third kappa shape index (κ3) is 3.48. The smallest absolute Gasteiger partial charge is 0.166 e. The SMILES string of the molecule is C1=CC2=CC(Sc3nc(-c4ccccc4)c(-c4ccccc4)[nH]3)CCC2N=C1. The monoisotopic (exact) mass is 383 g/mol. The van der Waals surface area contributed by atoms with Crippen LogP contribution in [0.5, 0.6) is 0 Å². The molecule has 0 spiro atoms. The van der Waals surface area contributed by atoms with Crippen LogP contribution in [-0.4, -0.2) is 27.5 Å². The summed E-state index contributed by atoms with van der Waals surface area (Å²) >= 11 is 1.82. The van der Waals surface area contributed by atoms with E-state index in [1.54, 1.807) is 0 Å². The average Bonchev–Trinajstić information content (AvgIpc) is 3.19. The molecule has 138 valence electrons. The molecule has 5 rings (SSSR count). The van der Waals surface area contributed by atoms with Crippen molar-refractivity contribution in [3.05, 3.63) is 84.5 Å². The minimum atomic E-state index is 0.346. The normalized spacial score (nSPS) is 20.6. The molecule has 1 N–H and O–H groups in total. The Bertz CT molecular complexity index is 991. The van der Waals surface area contributed by atoms with Gasteiger partial charge in [-0.3, -0.25) is 4.99 Å². The molecule has 0 bridgehead atoms. The number of thioether (sulfide) groups is 1. The molecule has 0 radical (unpaired) electrons. The summed E-state index contributed by atoms with van der Waals surface area (Å²) in [5, 5.41) is 1.39. The second-order valence-corrected chi connectivity index (χ2v) is 8.30. The van der Waals surface area contributed by atoms with Crippen molar-refractivity contribution in [3.63, 3.8) is 0 Å². The van der Waals surface area contributed by atoms with Crippen molar-refractivity contribution in [1.82, 2.24) is 9.97 Å². The van der Waals surface area contributed by atoms with Gasteiger partial charge in [0, 0.05) is 22.6 Å². The first-order valence-corrected chi connectivity index (χ1v) is 10.5. The number of aromatic nitrogens is 2. The third-order valence-electron chi connectivity index (χ3n) is 5.18. The Hall–Kier alpha value is -2.85. The Kier molecular flexibility index (Phi) is 4.71. The number of hydrogen-bond acceptors (Lipinski definition) is 3. The van der Waals surface area contributed by atoms with Crippen molar-refractivity contribution in [2.24, 2.45) is 4.99 Å². The van der Waals surface area contributed by atoms with Crippen molar-refractivity contribution in [2.45, 2.75) is 29.3 Å². The Balaban J connectivity index is 1.48. The molecule has 1 aliphatic heterocycles. The van der Waals surface area contributed by atoms with Gasteiger partial charge in [0.25, 0.3) is 0 Å². The molecule has 0 amide bonds. The van der Waals surface area contributed by atoms with Gasteiger partial charge in [-0.1, -0.05) is 84.6 Å². The highest BCUT2D eigenvalue weighted by molar-refractivity contribution is 7.99. The topological polar surface area (TPSA) is 41.0 Å². The second-order valence-electron chi connectivity index (χ2n) is 7.07. The van der Waals surface area contributed by atoms with E-state index in [-0.39, 0.29) is 0 Å². The molecule has 0 saturated carbocycles. The summed E-state index contributed by atoms with van der Waals surface area (Å²) in [6, 6.07) is 21.2. The molecular weight excluding hydrogens is 362 g/mol. The molecule has 2 aromatic carbocycles. The lowest BCUT2D eigenvalue weighted by atomic mass is 9.93. The lowest BCUT2D eigenvalue weighted by Gasteiger charge is -2.25. The zero-order chi connectivity index (χ0) is 18.8. The van der Waals surface area contributed by atoms with Gasteiger partial charge in [0.05, 0.1) is 17.4 Å². The van der Waals surface area contributed by atoms with Gasteiger partial charge < -0.3 is 4.98 Å². The number of imidazole rings is 1. The van der Waals surface area contributed by atoms with Crippen molar-refractivity contribution in [2.75, 3.05) is 0 Å². The summed E-state index contributed by atoms with van der Waals surface area (Å²) in [7, 11) is 0. The fraction of sp³-hybridized carbons (Fsp3) is 0.167. The molecule has 4 heteroatoms. The number of nitrogens with zero attached hydrogens (tertiary/aromatic N) is 2. The van der Waals surface area contributed by atoms with E-state index in [0.717, 1.165) is 40.5 Å². The second kappa shape index (κ2) is 7.64. The van der Waals surface area contributed by atoms with E-state index in [1.807, 2.05) is 36.2 Å². The van der Waals surface area contributed by atoms with Gasteiger partial charge in [0.15, 0.2) is 5.16 Å². The molecule has 2 aliphatic rings. The highest BCUT2D eigenvalue weighted by atomic mass is 32.2. The molecule has 0 fully saturated rings. The zero-order valence-corrected chi connectivity index (χ0v) is 16.3. The standard InChI is InChI=1S/C24H21N3S/c1-3-8-17(9-4-1)22-23(18-10-5-2-6-11-18)27-24(26-22)28-20-13-14-21-19(16-20)12-7-15-25-21/h1-12,15-16,20-21H,13-14H2,(H,26,27). The minimum absolute atomic E-state index is 0.346. The van der Waals surface area contributed by atoms with E-state index in [1.165, 1.54) is 5.57 Å². The summed E-state index contributed by atoms with van der Waals surface area (Å²) in [6.07, 6.45) is 10.7. The molecular formula is C24H21N3S. The lowest BCUT2D eigenvalue weighted by Crippen LogP contribution is -2.19. The maximum Gasteiger partial charge on any atom is 0.166 e. The van der Waals surface area contributed by atoms with Crippen LogP contribution in [0, 0.1) is 0 Å². The largest absolute Gasteiger partial charge is 0.332 e. The van der Waals surface area contributed by atoms with Gasteiger partial charge in [-0.05, 0) is 24.5 Å². The maximum atomic E-state index is 4.99. The number of benzene rings is 2. The van der Waals surface area contributed by atoms with Crippen LogP contribution in [0.2, 0.25) is 0 Å². The van der Waals surface area contributed by atoms with Crippen molar-refractivity contribution >= 4 is 18.0 Å². The number of allylic oxidation sites excluding steroid dienone is 1. The molecule has 1 aromatic heterocycles. The van der Waals surface area contributed by atoms with Crippen molar-refractivity contribution in [1.29, 1.82) is 0 Å². The van der Waals surface area contributed by atoms with E-state index >= 15 is 0 Å². The first kappa shape index (κ1) is 17.3. The lowest BCUT2D eigenvalue weighted by molar-refractivity contribution is 0.633. The van der Waals surface area contributed by atoms with E-state index in [9.17, 15) is 0 Å². The van der Waals surface area contributed by atoms with Crippen LogP contribution in [0.4, 0.5) is 0 Å². The van der Waals surface area contributed by atoms with Crippen LogP contribution in [0.25, 0.3) is 22.5 Å². The van der Waals surface area contributed by atoms with Crippen LogP contribution >= 0.6 is 11.8 Å². The quantitative estimate of drug-likeness (QED) is 0.606. The van der Waals surface area contributed by atoms with Crippen LogP contribution in [0.3, 0.4) is 0 Å². The number of nitrogens with one attached hydrogen (secondary N) is 1. The number of H-pyrrole nitrogens is 1. The Morgan fingerprint density at radius 1 is 0.893 bits per heavy atom. The molecule has 3 aromatic rings. The summed E-state index contributed by atoms with van der Waals surface area (Å²) < 4.78 is 0. The zero-order valence-electron chi connectivity index (χ0n) is 15.5. The number of dihydropyridines is 1. The molecule has 2 atom stereocenters. The van der Waals surface area contributed by atoms with E-state index in [0.29, 0.717) is 11.3 Å². The fourth-order valence-electron chi connectivity index (χ4n) is 3.80. The van der Waals surface area contributed by atoms with Gasteiger partial charge in [-0.15, -0.1) is 0 Å². The predicted octanol–water partition coefficient (Wildman–Crippen LogP) is 5.93. The van der Waals surface area contributed by atoms with Gasteiger partial charge in [0.1, 0.15) is 0 Å². The van der Waals surface area contributed by atoms with Gasteiger partial charge in [-0.25, -0.2) is 4.98 Å². The molecule has 3 nitrogen and oxygen atoms in total. The molecule has 0 saturated heterocycles. The maximum absolute atomic E-state index is 4.99. The van der Waals surface area contributed by atoms with Gasteiger partial charge >= 0.3 is 0 Å². The Labute approximate surface area is 169 Å².